The first-order valence-corrected chi connectivity index (χ1v) is 7.72. The molecule has 1 saturated heterocycles. The first-order chi connectivity index (χ1) is 10.1. The van der Waals surface area contributed by atoms with Gasteiger partial charge in [0.25, 0.3) is 5.91 Å². The van der Waals surface area contributed by atoms with Crippen LogP contribution < -0.4 is 4.74 Å². The van der Waals surface area contributed by atoms with Crippen LogP contribution >= 0.6 is 0 Å². The standard InChI is InChI=1S/C15H21NO3.C2H6/c1-11(2)19-14-10-12(3)4-5-13(14)15(17)16-6-8-18-9-7-16;1-2/h4-5,10-11H,6-9H2,1-3H3;1-2H3. The van der Waals surface area contributed by atoms with Crippen LogP contribution in [0, 0.1) is 6.92 Å². The number of ether oxygens (including phenoxy) is 2. The van der Waals surface area contributed by atoms with E-state index in [4.69, 9.17) is 9.47 Å². The van der Waals surface area contributed by atoms with Gasteiger partial charge in [-0.05, 0) is 38.5 Å². The van der Waals surface area contributed by atoms with Crippen LogP contribution in [0.2, 0.25) is 0 Å². The molecule has 0 aliphatic carbocycles. The molecule has 1 aromatic rings. The van der Waals surface area contributed by atoms with Crippen molar-refractivity contribution >= 4 is 5.91 Å². The van der Waals surface area contributed by atoms with Crippen molar-refractivity contribution in [2.75, 3.05) is 26.3 Å². The Morgan fingerprint density at radius 3 is 2.43 bits per heavy atom. The van der Waals surface area contributed by atoms with Crippen LogP contribution in [0.4, 0.5) is 0 Å². The van der Waals surface area contributed by atoms with Gasteiger partial charge in [0.15, 0.2) is 0 Å². The van der Waals surface area contributed by atoms with Gasteiger partial charge in [-0.2, -0.15) is 0 Å². The highest BCUT2D eigenvalue weighted by Crippen LogP contribution is 2.23. The molecule has 4 heteroatoms. The molecule has 1 heterocycles. The van der Waals surface area contributed by atoms with E-state index >= 15 is 0 Å². The number of hydrogen-bond donors (Lipinski definition) is 0. The van der Waals surface area contributed by atoms with Crippen molar-refractivity contribution in [3.8, 4) is 5.75 Å². The molecule has 0 radical (unpaired) electrons. The largest absolute Gasteiger partial charge is 0.490 e. The minimum absolute atomic E-state index is 0.0268. The maximum absolute atomic E-state index is 12.5. The molecule has 0 saturated carbocycles. The predicted octanol–water partition coefficient (Wildman–Crippen LogP) is 3.28. The van der Waals surface area contributed by atoms with Crippen LogP contribution in [0.5, 0.6) is 5.75 Å². The molecule has 0 aromatic heterocycles. The Kier molecular flexibility index (Phi) is 7.23. The highest BCUT2D eigenvalue weighted by atomic mass is 16.5. The summed E-state index contributed by atoms with van der Waals surface area (Å²) in [5, 5.41) is 0. The van der Waals surface area contributed by atoms with Crippen molar-refractivity contribution in [3.05, 3.63) is 29.3 Å². The summed E-state index contributed by atoms with van der Waals surface area (Å²) in [5.41, 5.74) is 1.73. The Labute approximate surface area is 128 Å². The minimum Gasteiger partial charge on any atom is -0.490 e. The van der Waals surface area contributed by atoms with Crippen LogP contribution in [-0.4, -0.2) is 43.2 Å². The first-order valence-electron chi connectivity index (χ1n) is 7.72. The number of morpholine rings is 1. The summed E-state index contributed by atoms with van der Waals surface area (Å²) in [7, 11) is 0. The Balaban J connectivity index is 0.00000106. The van der Waals surface area contributed by atoms with Crippen LogP contribution in [0.15, 0.2) is 18.2 Å². The van der Waals surface area contributed by atoms with Gasteiger partial charge in [0, 0.05) is 13.1 Å². The normalized spacial score (nSPS) is 14.5. The van der Waals surface area contributed by atoms with Crippen LogP contribution in [-0.2, 0) is 4.74 Å². The number of carbonyl (C=O) groups is 1. The van der Waals surface area contributed by atoms with Gasteiger partial charge in [-0.3, -0.25) is 4.79 Å². The fourth-order valence-corrected chi connectivity index (χ4v) is 2.09. The molecule has 0 atom stereocenters. The lowest BCUT2D eigenvalue weighted by molar-refractivity contribution is 0.0299. The average molecular weight is 293 g/mol. The molecule has 1 aliphatic rings. The maximum Gasteiger partial charge on any atom is 0.257 e. The summed E-state index contributed by atoms with van der Waals surface area (Å²) in [4.78, 5) is 14.3. The van der Waals surface area contributed by atoms with Gasteiger partial charge in [0.2, 0.25) is 0 Å². The molecule has 118 valence electrons. The van der Waals surface area contributed by atoms with Crippen LogP contribution in [0.25, 0.3) is 0 Å². The molecule has 21 heavy (non-hydrogen) atoms. The van der Waals surface area contributed by atoms with E-state index in [-0.39, 0.29) is 12.0 Å². The van der Waals surface area contributed by atoms with E-state index in [1.54, 1.807) is 0 Å². The smallest absolute Gasteiger partial charge is 0.257 e. The summed E-state index contributed by atoms with van der Waals surface area (Å²) in [6, 6.07) is 5.72. The van der Waals surface area contributed by atoms with Gasteiger partial charge in [0.05, 0.1) is 24.9 Å². The highest BCUT2D eigenvalue weighted by Gasteiger charge is 2.22. The third-order valence-corrected chi connectivity index (χ3v) is 3.03. The van der Waals surface area contributed by atoms with Crippen molar-refractivity contribution in [1.29, 1.82) is 0 Å². The third-order valence-electron chi connectivity index (χ3n) is 3.03. The van der Waals surface area contributed by atoms with Gasteiger partial charge in [-0.1, -0.05) is 19.9 Å². The molecule has 2 rings (SSSR count). The summed E-state index contributed by atoms with van der Waals surface area (Å²) in [5.74, 6) is 0.699. The van der Waals surface area contributed by atoms with Crippen LogP contribution in [0.3, 0.4) is 0 Å². The Bertz CT molecular complexity index is 451. The molecule has 4 nitrogen and oxygen atoms in total. The second-order valence-corrected chi connectivity index (χ2v) is 5.07. The minimum atomic E-state index is 0.0268. The fraction of sp³-hybridized carbons (Fsp3) is 0.588. The summed E-state index contributed by atoms with van der Waals surface area (Å²) in [6.45, 7) is 12.4. The van der Waals surface area contributed by atoms with Gasteiger partial charge in [-0.15, -0.1) is 0 Å². The van der Waals surface area contributed by atoms with E-state index in [1.165, 1.54) is 0 Å². The second-order valence-electron chi connectivity index (χ2n) is 5.07. The molecule has 1 fully saturated rings. The summed E-state index contributed by atoms with van der Waals surface area (Å²) in [6.07, 6.45) is 0.0537. The lowest BCUT2D eigenvalue weighted by Crippen LogP contribution is -2.40. The number of rotatable bonds is 3. The molecule has 1 aromatic carbocycles. The monoisotopic (exact) mass is 293 g/mol. The molecule has 0 bridgehead atoms. The molecule has 1 aliphatic heterocycles. The molecule has 0 unspecified atom stereocenters. The SMILES string of the molecule is CC.Cc1ccc(C(=O)N2CCOCC2)c(OC(C)C)c1. The lowest BCUT2D eigenvalue weighted by Gasteiger charge is -2.27. The van der Waals surface area contributed by atoms with Crippen molar-refractivity contribution in [3.63, 3.8) is 0 Å². The molecular weight excluding hydrogens is 266 g/mol. The molecule has 0 spiro atoms. The number of hydrogen-bond acceptors (Lipinski definition) is 3. The van der Waals surface area contributed by atoms with E-state index in [0.717, 1.165) is 5.56 Å². The zero-order valence-corrected chi connectivity index (χ0v) is 13.8. The lowest BCUT2D eigenvalue weighted by atomic mass is 10.1. The van der Waals surface area contributed by atoms with Crippen molar-refractivity contribution < 1.29 is 14.3 Å². The predicted molar refractivity (Wildman–Crippen MR) is 85.0 cm³/mol. The molecular formula is C17H27NO3. The van der Waals surface area contributed by atoms with Gasteiger partial charge in [-0.25, -0.2) is 0 Å². The number of aryl methyl sites for hydroxylation is 1. The van der Waals surface area contributed by atoms with Gasteiger partial charge in [0.1, 0.15) is 5.75 Å². The number of amides is 1. The van der Waals surface area contributed by atoms with E-state index in [1.807, 2.05) is 57.7 Å². The van der Waals surface area contributed by atoms with E-state index in [2.05, 4.69) is 0 Å². The number of carbonyl (C=O) groups excluding carboxylic acids is 1. The Hall–Kier alpha value is -1.55. The number of nitrogens with zero attached hydrogens (tertiary/aromatic N) is 1. The number of benzene rings is 1. The van der Waals surface area contributed by atoms with Gasteiger partial charge >= 0.3 is 0 Å². The van der Waals surface area contributed by atoms with E-state index in [9.17, 15) is 4.79 Å². The van der Waals surface area contributed by atoms with Crippen molar-refractivity contribution in [1.82, 2.24) is 4.90 Å². The summed E-state index contributed by atoms with van der Waals surface area (Å²) >= 11 is 0. The second kappa shape index (κ2) is 8.67. The Morgan fingerprint density at radius 2 is 1.86 bits per heavy atom. The third kappa shape index (κ3) is 5.05. The van der Waals surface area contributed by atoms with E-state index in [0.29, 0.717) is 37.6 Å². The fourth-order valence-electron chi connectivity index (χ4n) is 2.09. The topological polar surface area (TPSA) is 38.8 Å². The summed E-state index contributed by atoms with van der Waals surface area (Å²) < 4.78 is 11.0. The zero-order valence-electron chi connectivity index (χ0n) is 13.8. The van der Waals surface area contributed by atoms with Gasteiger partial charge < -0.3 is 14.4 Å². The van der Waals surface area contributed by atoms with Crippen molar-refractivity contribution in [2.24, 2.45) is 0 Å². The maximum atomic E-state index is 12.5. The molecule has 0 N–H and O–H groups in total. The molecule has 1 amide bonds. The van der Waals surface area contributed by atoms with E-state index < -0.39 is 0 Å². The van der Waals surface area contributed by atoms with Crippen LogP contribution in [0.1, 0.15) is 43.6 Å². The van der Waals surface area contributed by atoms with Crippen molar-refractivity contribution in [2.45, 2.75) is 40.7 Å². The first kappa shape index (κ1) is 17.5. The highest BCUT2D eigenvalue weighted by molar-refractivity contribution is 5.97. The zero-order chi connectivity index (χ0) is 15.8. The Morgan fingerprint density at radius 1 is 1.24 bits per heavy atom. The average Bonchev–Trinajstić information content (AvgIpc) is 2.49. The quantitative estimate of drug-likeness (QED) is 0.858.